The molecule has 0 saturated carbocycles. The molecule has 1 aliphatic rings. The summed E-state index contributed by atoms with van der Waals surface area (Å²) in [4.78, 5) is 0. The second-order valence-corrected chi connectivity index (χ2v) is 15.2. The normalized spacial score (nSPS) is 29.8. The van der Waals surface area contributed by atoms with E-state index in [0.29, 0.717) is 10.6 Å². The highest BCUT2D eigenvalue weighted by Gasteiger charge is 2.41. The van der Waals surface area contributed by atoms with Gasteiger partial charge in [0.2, 0.25) is 0 Å². The molecule has 0 spiro atoms. The Morgan fingerprint density at radius 1 is 0.586 bits per heavy atom. The van der Waals surface area contributed by atoms with Gasteiger partial charge < -0.3 is 4.57 Å². The van der Waals surface area contributed by atoms with Crippen LogP contribution in [0.5, 0.6) is 0 Å². The Hall–Kier alpha value is -0.110. The van der Waals surface area contributed by atoms with Gasteiger partial charge in [-0.3, -0.25) is 0 Å². The van der Waals surface area contributed by atoms with Gasteiger partial charge in [-0.15, -0.1) is 69.1 Å². The molecule has 1 atom stereocenters. The smallest absolute Gasteiger partial charge is 0.346 e. The molecule has 0 N–H and O–H groups in total. The number of hydrogen-bond acceptors (Lipinski definition) is 6. The van der Waals surface area contributed by atoms with Crippen LogP contribution in [-0.2, 0) is 7.05 Å². The number of aromatic nitrogens is 1. The summed E-state index contributed by atoms with van der Waals surface area (Å²) in [5, 5.41) is 0. The van der Waals surface area contributed by atoms with Crippen LogP contribution >= 0.6 is 46.6 Å². The van der Waals surface area contributed by atoms with Crippen LogP contribution in [0.3, 0.4) is 0 Å². The van der Waals surface area contributed by atoms with Crippen molar-refractivity contribution in [3.8, 4) is 0 Å². The predicted molar refractivity (Wildman–Crippen MR) is 93.3 cm³/mol. The lowest BCUT2D eigenvalue weighted by Crippen LogP contribution is -2.10. The minimum Gasteiger partial charge on any atom is -0.346 e. The first-order valence-corrected chi connectivity index (χ1v) is 15.3. The molecule has 0 bridgehead atoms. The third-order valence-corrected chi connectivity index (χ3v) is 14.1. The third-order valence-electron chi connectivity index (χ3n) is 2.52. The first-order valence-electron chi connectivity index (χ1n) is 6.37. The standard InChI is InChI=1S/C5H6F11N7P6/c1-23-4-2-3-5(23)24(6)17-25(7,8)19-27(11,12)21-29(15,16)22-28(13,14)20-26(9,10)18-24/h2-4H,1H3. The van der Waals surface area contributed by atoms with E-state index >= 15 is 4.20 Å². The van der Waals surface area contributed by atoms with Crippen molar-refractivity contribution in [2.24, 2.45) is 34.1 Å². The molecule has 1 aromatic rings. The summed E-state index contributed by atoms with van der Waals surface area (Å²) in [6, 6.07) is 1.58. The Labute approximate surface area is 156 Å². The number of nitrogens with zero attached hydrogens (tertiary/aromatic N) is 7. The molecule has 0 radical (unpaired) electrons. The Morgan fingerprint density at radius 3 is 1.28 bits per heavy atom. The first kappa shape index (κ1) is 25.2. The highest BCUT2D eigenvalue weighted by molar-refractivity contribution is 7.81. The van der Waals surface area contributed by atoms with Crippen LogP contribution in [-0.4, -0.2) is 4.57 Å². The van der Waals surface area contributed by atoms with Crippen molar-refractivity contribution >= 4 is 52.1 Å². The van der Waals surface area contributed by atoms with Crippen LogP contribution in [0, 0.1) is 0 Å². The molecule has 24 heteroatoms. The summed E-state index contributed by atoms with van der Waals surface area (Å²) in [6.07, 6.45) is 0.957. The van der Waals surface area contributed by atoms with Gasteiger partial charge in [-0.25, -0.2) is 0 Å². The van der Waals surface area contributed by atoms with Crippen LogP contribution in [0.25, 0.3) is 0 Å². The second-order valence-electron chi connectivity index (χ2n) is 4.82. The molecular formula is C5H6F11N7P6. The number of halogens is 11. The fourth-order valence-corrected chi connectivity index (χ4v) is 12.4. The van der Waals surface area contributed by atoms with Crippen molar-refractivity contribution in [1.29, 1.82) is 0 Å². The third kappa shape index (κ3) is 6.94. The highest BCUT2D eigenvalue weighted by atomic mass is 31.3. The molecule has 29 heavy (non-hydrogen) atoms. The summed E-state index contributed by atoms with van der Waals surface area (Å²) in [5.74, 6) is 0. The SMILES string of the molecule is Cn1cccc1P1(F)=NP(F)(F)=NP(F)(F)=NP(F)(F)=NP(F)(F)=NP(F)(F)=N1. The van der Waals surface area contributed by atoms with Crippen LogP contribution in [0.4, 0.5) is 46.2 Å². The molecular weight excluding hydrogens is 553 g/mol. The maximum atomic E-state index is 15.1. The fourth-order valence-electron chi connectivity index (χ4n) is 1.75. The van der Waals surface area contributed by atoms with Crippen molar-refractivity contribution in [1.82, 2.24) is 4.57 Å². The maximum Gasteiger partial charge on any atom is 0.425 e. The molecule has 2 heterocycles. The largest absolute Gasteiger partial charge is 0.425 e. The Balaban J connectivity index is 3.11. The minimum absolute atomic E-state index is 0.627. The van der Waals surface area contributed by atoms with Gasteiger partial charge in [-0.1, -0.05) is 0 Å². The topological polar surface area (TPSA) is 79.1 Å². The van der Waals surface area contributed by atoms with Crippen molar-refractivity contribution in [2.45, 2.75) is 0 Å². The van der Waals surface area contributed by atoms with E-state index in [9.17, 15) is 42.0 Å². The minimum atomic E-state index is -7.07. The average Bonchev–Trinajstić information content (AvgIpc) is 2.75. The van der Waals surface area contributed by atoms with Gasteiger partial charge >= 0.3 is 39.1 Å². The average molecular weight is 559 g/mol. The van der Waals surface area contributed by atoms with Crippen molar-refractivity contribution in [3.63, 3.8) is 0 Å². The van der Waals surface area contributed by atoms with E-state index in [1.807, 2.05) is 9.03 Å². The van der Waals surface area contributed by atoms with E-state index < -0.39 is 52.1 Å². The van der Waals surface area contributed by atoms with Crippen molar-refractivity contribution < 1.29 is 46.2 Å². The molecule has 2 rings (SSSR count). The fraction of sp³-hybridized carbons (Fsp3) is 0.200. The first-order chi connectivity index (χ1) is 12.8. The summed E-state index contributed by atoms with van der Waals surface area (Å²) < 4.78 is 161. The lowest BCUT2D eigenvalue weighted by atomic mass is 10.7. The Kier molecular flexibility index (Phi) is 6.75. The number of hydrogen-bond donors (Lipinski definition) is 0. The van der Waals surface area contributed by atoms with Crippen LogP contribution < -0.4 is 5.44 Å². The molecule has 1 unspecified atom stereocenters. The van der Waals surface area contributed by atoms with Gasteiger partial charge in [0.1, 0.15) is 5.44 Å². The van der Waals surface area contributed by atoms with E-state index in [4.69, 9.17) is 0 Å². The summed E-state index contributed by atoms with van der Waals surface area (Å²) in [5.41, 5.74) is -1.07. The van der Waals surface area contributed by atoms with Crippen molar-refractivity contribution in [2.75, 3.05) is 0 Å². The Morgan fingerprint density at radius 2 is 0.931 bits per heavy atom. The molecule has 1 aromatic heterocycles. The molecule has 0 amide bonds. The molecule has 7 nitrogen and oxygen atoms in total. The van der Waals surface area contributed by atoms with E-state index in [0.717, 1.165) is 19.3 Å². The molecule has 168 valence electrons. The molecule has 0 fully saturated rings. The molecule has 0 aromatic carbocycles. The molecule has 0 aliphatic carbocycles. The van der Waals surface area contributed by atoms with Gasteiger partial charge in [0.05, 0.1) is 0 Å². The number of rotatable bonds is 1. The van der Waals surface area contributed by atoms with E-state index in [-0.39, 0.29) is 0 Å². The van der Waals surface area contributed by atoms with Gasteiger partial charge in [0, 0.05) is 13.2 Å². The second kappa shape index (κ2) is 7.79. The lowest BCUT2D eigenvalue weighted by Gasteiger charge is -2.15. The van der Waals surface area contributed by atoms with Crippen LogP contribution in [0.2, 0.25) is 0 Å². The predicted octanol–water partition coefficient (Wildman–Crippen LogP) is 11.1. The van der Waals surface area contributed by atoms with Gasteiger partial charge in [0.15, 0.2) is 0 Å². The van der Waals surface area contributed by atoms with E-state index in [1.165, 1.54) is 18.1 Å². The van der Waals surface area contributed by atoms with Gasteiger partial charge in [-0.05, 0) is 12.1 Å². The van der Waals surface area contributed by atoms with Gasteiger partial charge in [-0.2, -0.15) is 4.20 Å². The van der Waals surface area contributed by atoms with Gasteiger partial charge in [0.25, 0.3) is 7.52 Å². The van der Waals surface area contributed by atoms with E-state index in [1.54, 1.807) is 0 Å². The zero-order valence-corrected chi connectivity index (χ0v) is 18.6. The molecule has 1 aliphatic heterocycles. The highest BCUT2D eigenvalue weighted by Crippen LogP contribution is 2.82. The summed E-state index contributed by atoms with van der Waals surface area (Å²) in [6.45, 7) is 0. The lowest BCUT2D eigenvalue weighted by molar-refractivity contribution is 0.687. The summed E-state index contributed by atoms with van der Waals surface area (Å²) in [7, 11) is -40.0. The summed E-state index contributed by atoms with van der Waals surface area (Å²) >= 11 is 0. The quantitative estimate of drug-likeness (QED) is 0.243. The van der Waals surface area contributed by atoms with Crippen LogP contribution in [0.1, 0.15) is 0 Å². The van der Waals surface area contributed by atoms with Crippen molar-refractivity contribution in [3.05, 3.63) is 18.3 Å². The zero-order valence-electron chi connectivity index (χ0n) is 13.2. The molecule has 0 saturated heterocycles. The Bertz CT molecular complexity index is 1150. The van der Waals surface area contributed by atoms with E-state index in [2.05, 4.69) is 0 Å². The van der Waals surface area contributed by atoms with Crippen LogP contribution in [0.15, 0.2) is 45.4 Å². The zero-order chi connectivity index (χ0) is 22.5. The maximum absolute atomic E-state index is 15.1. The number of aryl methyl sites for hydroxylation is 1. The monoisotopic (exact) mass is 559 g/mol.